The van der Waals surface area contributed by atoms with Gasteiger partial charge in [-0.2, -0.15) is 26.3 Å². The molecule has 25 heavy (non-hydrogen) atoms. The molecular formula is C17H10F6O2. The zero-order valence-corrected chi connectivity index (χ0v) is 12.3. The lowest BCUT2D eigenvalue weighted by Crippen LogP contribution is -2.09. The van der Waals surface area contributed by atoms with Gasteiger partial charge in [0.2, 0.25) is 0 Å². The van der Waals surface area contributed by atoms with E-state index in [1.54, 1.807) is 0 Å². The summed E-state index contributed by atoms with van der Waals surface area (Å²) in [6, 6.07) is 6.80. The van der Waals surface area contributed by atoms with E-state index >= 15 is 0 Å². The predicted molar refractivity (Wildman–Crippen MR) is 78.6 cm³/mol. The molecule has 0 heterocycles. The van der Waals surface area contributed by atoms with Crippen LogP contribution in [0.25, 0.3) is 17.2 Å². The van der Waals surface area contributed by atoms with Gasteiger partial charge in [0.05, 0.1) is 11.1 Å². The molecule has 0 saturated heterocycles. The van der Waals surface area contributed by atoms with Crippen molar-refractivity contribution in [3.05, 3.63) is 65.2 Å². The molecule has 0 aliphatic rings. The van der Waals surface area contributed by atoms with Crippen molar-refractivity contribution < 1.29 is 36.2 Å². The molecule has 2 aromatic rings. The summed E-state index contributed by atoms with van der Waals surface area (Å²) in [6.45, 7) is 0. The Morgan fingerprint density at radius 1 is 0.920 bits per heavy atom. The number of carboxylic acids is 1. The van der Waals surface area contributed by atoms with Gasteiger partial charge in [0.25, 0.3) is 0 Å². The highest BCUT2D eigenvalue weighted by atomic mass is 19.4. The molecule has 0 amide bonds. The molecule has 2 nitrogen and oxygen atoms in total. The summed E-state index contributed by atoms with van der Waals surface area (Å²) in [5.41, 5.74) is -2.93. The Kier molecular flexibility index (Phi) is 4.92. The molecule has 0 spiro atoms. The highest BCUT2D eigenvalue weighted by Crippen LogP contribution is 2.39. The third-order valence-corrected chi connectivity index (χ3v) is 3.31. The van der Waals surface area contributed by atoms with E-state index in [4.69, 9.17) is 5.11 Å². The first kappa shape index (κ1) is 18.6. The van der Waals surface area contributed by atoms with Crippen molar-refractivity contribution >= 4 is 12.0 Å². The van der Waals surface area contributed by atoms with Gasteiger partial charge in [0, 0.05) is 6.08 Å². The molecule has 0 saturated carbocycles. The molecule has 0 radical (unpaired) electrons. The van der Waals surface area contributed by atoms with E-state index < -0.39 is 35.0 Å². The molecule has 0 atom stereocenters. The average molecular weight is 360 g/mol. The molecule has 0 aromatic heterocycles. The minimum Gasteiger partial charge on any atom is -0.478 e. The Hall–Kier alpha value is -2.77. The Labute approximate surface area is 138 Å². The number of alkyl halides is 6. The van der Waals surface area contributed by atoms with E-state index in [-0.39, 0.29) is 11.1 Å². The second-order valence-electron chi connectivity index (χ2n) is 5.01. The highest BCUT2D eigenvalue weighted by Gasteiger charge is 2.34. The summed E-state index contributed by atoms with van der Waals surface area (Å²) < 4.78 is 78.0. The van der Waals surface area contributed by atoms with E-state index in [2.05, 4.69) is 0 Å². The summed E-state index contributed by atoms with van der Waals surface area (Å²) in [4.78, 5) is 10.7. The first-order valence-corrected chi connectivity index (χ1v) is 6.79. The maximum atomic E-state index is 13.2. The zero-order valence-electron chi connectivity index (χ0n) is 12.3. The fourth-order valence-electron chi connectivity index (χ4n) is 2.26. The first-order chi connectivity index (χ1) is 11.5. The lowest BCUT2D eigenvalue weighted by molar-refractivity contribution is -0.138. The van der Waals surface area contributed by atoms with Gasteiger partial charge in [0.15, 0.2) is 0 Å². The zero-order chi connectivity index (χ0) is 18.8. The molecular weight excluding hydrogens is 350 g/mol. The summed E-state index contributed by atoms with van der Waals surface area (Å²) in [6.07, 6.45) is -8.23. The van der Waals surface area contributed by atoms with Gasteiger partial charge in [-0.05, 0) is 41.0 Å². The Morgan fingerprint density at radius 3 is 2.12 bits per heavy atom. The molecule has 0 aliphatic carbocycles. The number of carboxylic acid groups (broad SMARTS) is 1. The summed E-state index contributed by atoms with van der Waals surface area (Å²) >= 11 is 0. The van der Waals surface area contributed by atoms with Crippen LogP contribution in [0.15, 0.2) is 48.5 Å². The van der Waals surface area contributed by atoms with Gasteiger partial charge in [-0.15, -0.1) is 0 Å². The van der Waals surface area contributed by atoms with Crippen molar-refractivity contribution in [2.45, 2.75) is 12.4 Å². The molecule has 8 heteroatoms. The van der Waals surface area contributed by atoms with Crippen molar-refractivity contribution in [1.29, 1.82) is 0 Å². The monoisotopic (exact) mass is 360 g/mol. The maximum Gasteiger partial charge on any atom is 0.417 e. The first-order valence-electron chi connectivity index (χ1n) is 6.79. The summed E-state index contributed by atoms with van der Waals surface area (Å²) in [5, 5.41) is 8.66. The van der Waals surface area contributed by atoms with Crippen LogP contribution in [0.1, 0.15) is 16.7 Å². The second-order valence-corrected chi connectivity index (χ2v) is 5.01. The average Bonchev–Trinajstić information content (AvgIpc) is 2.51. The van der Waals surface area contributed by atoms with Crippen LogP contribution in [0, 0.1) is 0 Å². The summed E-state index contributed by atoms with van der Waals surface area (Å²) in [7, 11) is 0. The van der Waals surface area contributed by atoms with Crippen molar-refractivity contribution in [3.8, 4) is 11.1 Å². The van der Waals surface area contributed by atoms with Gasteiger partial charge in [-0.25, -0.2) is 4.79 Å². The van der Waals surface area contributed by atoms with Gasteiger partial charge < -0.3 is 5.11 Å². The Bertz CT molecular complexity index is 819. The van der Waals surface area contributed by atoms with Crippen LogP contribution < -0.4 is 0 Å². The van der Waals surface area contributed by atoms with E-state index in [0.717, 1.165) is 30.3 Å². The topological polar surface area (TPSA) is 37.3 Å². The standard InChI is InChI=1S/C17H10F6O2/c18-16(19,20)11-4-1-3-10(9-11)12-5-2-6-14(17(21,22)23)13(12)7-8-15(24)25/h1-9H,(H,24,25)/b8-7+. The molecule has 0 fully saturated rings. The van der Waals surface area contributed by atoms with Crippen LogP contribution in [0.2, 0.25) is 0 Å². The quantitative estimate of drug-likeness (QED) is 0.581. The highest BCUT2D eigenvalue weighted by molar-refractivity contribution is 5.88. The SMILES string of the molecule is O=C(O)/C=C/c1c(-c2cccc(C(F)(F)F)c2)cccc1C(F)(F)F. The molecule has 0 bridgehead atoms. The van der Waals surface area contributed by atoms with Crippen molar-refractivity contribution in [2.75, 3.05) is 0 Å². The van der Waals surface area contributed by atoms with Gasteiger partial charge >= 0.3 is 18.3 Å². The molecule has 0 unspecified atom stereocenters. The third kappa shape index (κ3) is 4.40. The fourth-order valence-corrected chi connectivity index (χ4v) is 2.26. The van der Waals surface area contributed by atoms with Gasteiger partial charge in [-0.3, -0.25) is 0 Å². The van der Waals surface area contributed by atoms with Crippen LogP contribution >= 0.6 is 0 Å². The minimum atomic E-state index is -4.80. The van der Waals surface area contributed by atoms with Gasteiger partial charge in [-0.1, -0.05) is 24.3 Å². The lowest BCUT2D eigenvalue weighted by Gasteiger charge is -2.16. The van der Waals surface area contributed by atoms with E-state index in [1.165, 1.54) is 12.1 Å². The summed E-state index contributed by atoms with van der Waals surface area (Å²) in [5.74, 6) is -1.48. The normalized spacial score (nSPS) is 12.6. The van der Waals surface area contributed by atoms with Crippen molar-refractivity contribution in [2.24, 2.45) is 0 Å². The lowest BCUT2D eigenvalue weighted by atomic mass is 9.93. The maximum absolute atomic E-state index is 13.2. The van der Waals surface area contributed by atoms with Gasteiger partial charge in [0.1, 0.15) is 0 Å². The Balaban J connectivity index is 2.71. The van der Waals surface area contributed by atoms with E-state index in [1.807, 2.05) is 0 Å². The molecule has 2 aromatic carbocycles. The number of hydrogen-bond donors (Lipinski definition) is 1. The predicted octanol–water partition coefficient (Wildman–Crippen LogP) is 5.49. The number of carbonyl (C=O) groups is 1. The third-order valence-electron chi connectivity index (χ3n) is 3.31. The smallest absolute Gasteiger partial charge is 0.417 e. The van der Waals surface area contributed by atoms with Crippen LogP contribution in [-0.4, -0.2) is 11.1 Å². The van der Waals surface area contributed by atoms with E-state index in [0.29, 0.717) is 12.1 Å². The van der Waals surface area contributed by atoms with Crippen LogP contribution in [-0.2, 0) is 17.1 Å². The second kappa shape index (κ2) is 6.62. The van der Waals surface area contributed by atoms with Crippen LogP contribution in [0.5, 0.6) is 0 Å². The Morgan fingerprint density at radius 2 is 1.56 bits per heavy atom. The van der Waals surface area contributed by atoms with Crippen molar-refractivity contribution in [1.82, 2.24) is 0 Å². The minimum absolute atomic E-state index is 0.106. The van der Waals surface area contributed by atoms with Crippen LogP contribution in [0.4, 0.5) is 26.3 Å². The molecule has 2 rings (SSSR count). The largest absolute Gasteiger partial charge is 0.478 e. The number of rotatable bonds is 3. The van der Waals surface area contributed by atoms with E-state index in [9.17, 15) is 31.1 Å². The van der Waals surface area contributed by atoms with Crippen LogP contribution in [0.3, 0.4) is 0 Å². The fraction of sp³-hybridized carbons (Fsp3) is 0.118. The number of aliphatic carboxylic acids is 1. The molecule has 132 valence electrons. The molecule has 1 N–H and O–H groups in total. The molecule has 0 aliphatic heterocycles. The number of benzene rings is 2. The number of hydrogen-bond acceptors (Lipinski definition) is 1. The van der Waals surface area contributed by atoms with Crippen molar-refractivity contribution in [3.63, 3.8) is 0 Å². The number of halogens is 6.